The molecule has 22 heavy (non-hydrogen) atoms. The molecule has 2 heterocycles. The van der Waals surface area contributed by atoms with Crippen molar-refractivity contribution in [2.75, 3.05) is 38.3 Å². The molecule has 3 rings (SSSR count). The van der Waals surface area contributed by atoms with E-state index in [1.807, 2.05) is 25.1 Å². The van der Waals surface area contributed by atoms with E-state index in [0.29, 0.717) is 19.8 Å². The molecule has 1 unspecified atom stereocenters. The molecule has 1 aromatic heterocycles. The van der Waals surface area contributed by atoms with Crippen LogP contribution in [0.15, 0.2) is 18.2 Å². The van der Waals surface area contributed by atoms with Gasteiger partial charge < -0.3 is 19.7 Å². The predicted octanol–water partition coefficient (Wildman–Crippen LogP) is 1.65. The average molecular weight is 321 g/mol. The summed E-state index contributed by atoms with van der Waals surface area (Å²) in [5.74, 6) is 0.708. The van der Waals surface area contributed by atoms with Crippen molar-refractivity contribution < 1.29 is 14.3 Å². The van der Waals surface area contributed by atoms with Gasteiger partial charge in [-0.05, 0) is 19.1 Å². The maximum atomic E-state index is 11.8. The number of amides is 1. The summed E-state index contributed by atoms with van der Waals surface area (Å²) in [4.78, 5) is 18.6. The van der Waals surface area contributed by atoms with Crippen molar-refractivity contribution >= 4 is 32.6 Å². The quantitative estimate of drug-likeness (QED) is 0.927. The average Bonchev–Trinajstić information content (AvgIpc) is 3.00. The molecule has 0 saturated carbocycles. The molecule has 118 valence electrons. The number of anilines is 1. The number of para-hydroxylation sites is 1. The van der Waals surface area contributed by atoms with Gasteiger partial charge >= 0.3 is 0 Å². The maximum absolute atomic E-state index is 11.8. The van der Waals surface area contributed by atoms with Gasteiger partial charge in [0.25, 0.3) is 5.91 Å². The minimum atomic E-state index is -0.447. The first-order chi connectivity index (χ1) is 10.7. The number of aromatic nitrogens is 1. The fraction of sp³-hybridized carbons (Fsp3) is 0.467. The van der Waals surface area contributed by atoms with Gasteiger partial charge in [-0.2, -0.15) is 0 Å². The Labute approximate surface area is 133 Å². The second-order valence-electron chi connectivity index (χ2n) is 4.95. The summed E-state index contributed by atoms with van der Waals surface area (Å²) in [5, 5.41) is 3.53. The Balaban J connectivity index is 1.86. The van der Waals surface area contributed by atoms with Crippen LogP contribution in [0, 0.1) is 0 Å². The highest BCUT2D eigenvalue weighted by Crippen LogP contribution is 2.34. The van der Waals surface area contributed by atoms with Crippen molar-refractivity contribution in [2.24, 2.45) is 0 Å². The fourth-order valence-electron chi connectivity index (χ4n) is 2.46. The lowest BCUT2D eigenvalue weighted by Crippen LogP contribution is -2.49. The topological polar surface area (TPSA) is 63.7 Å². The number of likely N-dealkylation sites (N-methyl/N-ethyl adjacent to an activating group) is 1. The summed E-state index contributed by atoms with van der Waals surface area (Å²) >= 11 is 1.61. The summed E-state index contributed by atoms with van der Waals surface area (Å²) in [7, 11) is 1.62. The third-order valence-corrected chi connectivity index (χ3v) is 4.63. The number of fused-ring (bicyclic) bond motifs is 1. The van der Waals surface area contributed by atoms with E-state index in [0.717, 1.165) is 27.6 Å². The molecule has 0 bridgehead atoms. The van der Waals surface area contributed by atoms with Crippen LogP contribution in [-0.4, -0.2) is 50.3 Å². The number of nitrogens with one attached hydrogen (secondary N) is 1. The number of hydrogen-bond acceptors (Lipinski definition) is 6. The molecule has 2 aromatic rings. The second kappa shape index (κ2) is 6.50. The van der Waals surface area contributed by atoms with Crippen LogP contribution in [0.1, 0.15) is 6.92 Å². The number of hydrogen-bond donors (Lipinski definition) is 1. The number of ether oxygens (including phenoxy) is 2. The molecule has 1 aliphatic rings. The van der Waals surface area contributed by atoms with Gasteiger partial charge in [-0.3, -0.25) is 4.79 Å². The Morgan fingerprint density at radius 1 is 1.59 bits per heavy atom. The van der Waals surface area contributed by atoms with Crippen LogP contribution in [-0.2, 0) is 9.53 Å². The lowest BCUT2D eigenvalue weighted by Gasteiger charge is -2.31. The SMILES string of the molecule is CCOc1cccc2sc(N3CCOC(C(=O)NC)C3)nc12. The molecule has 1 saturated heterocycles. The molecule has 1 N–H and O–H groups in total. The molecule has 1 amide bonds. The molecule has 1 aliphatic heterocycles. The third kappa shape index (κ3) is 2.86. The summed E-state index contributed by atoms with van der Waals surface area (Å²) in [6.07, 6.45) is -0.447. The first-order valence-corrected chi connectivity index (χ1v) is 8.15. The van der Waals surface area contributed by atoms with E-state index in [2.05, 4.69) is 10.2 Å². The van der Waals surface area contributed by atoms with Gasteiger partial charge in [0.2, 0.25) is 0 Å². The van der Waals surface area contributed by atoms with E-state index in [4.69, 9.17) is 14.5 Å². The van der Waals surface area contributed by atoms with Gasteiger partial charge in [-0.15, -0.1) is 0 Å². The number of thiazole rings is 1. The van der Waals surface area contributed by atoms with Gasteiger partial charge in [0.15, 0.2) is 11.2 Å². The number of carbonyl (C=O) groups is 1. The molecule has 1 fully saturated rings. The molecule has 0 aliphatic carbocycles. The fourth-order valence-corrected chi connectivity index (χ4v) is 3.48. The van der Waals surface area contributed by atoms with Crippen molar-refractivity contribution in [1.29, 1.82) is 0 Å². The van der Waals surface area contributed by atoms with Crippen LogP contribution in [0.4, 0.5) is 5.13 Å². The maximum Gasteiger partial charge on any atom is 0.250 e. The van der Waals surface area contributed by atoms with Gasteiger partial charge in [0.05, 0.1) is 24.5 Å². The van der Waals surface area contributed by atoms with Crippen LogP contribution < -0.4 is 15.0 Å². The summed E-state index contributed by atoms with van der Waals surface area (Å²) in [6, 6.07) is 5.94. The van der Waals surface area contributed by atoms with Gasteiger partial charge in [-0.1, -0.05) is 17.4 Å². The summed E-state index contributed by atoms with van der Waals surface area (Å²) in [6.45, 7) is 4.34. The van der Waals surface area contributed by atoms with Crippen LogP contribution in [0.5, 0.6) is 5.75 Å². The molecule has 1 aromatic carbocycles. The van der Waals surface area contributed by atoms with E-state index in [1.54, 1.807) is 18.4 Å². The van der Waals surface area contributed by atoms with Crippen LogP contribution >= 0.6 is 11.3 Å². The predicted molar refractivity (Wildman–Crippen MR) is 86.8 cm³/mol. The molecule has 6 nitrogen and oxygen atoms in total. The first-order valence-electron chi connectivity index (χ1n) is 7.33. The minimum Gasteiger partial charge on any atom is -0.492 e. The number of nitrogens with zero attached hydrogens (tertiary/aromatic N) is 2. The van der Waals surface area contributed by atoms with Crippen LogP contribution in [0.3, 0.4) is 0 Å². The Bertz CT molecular complexity index is 673. The minimum absolute atomic E-state index is 0.0965. The van der Waals surface area contributed by atoms with Crippen LogP contribution in [0.2, 0.25) is 0 Å². The first kappa shape index (κ1) is 15.1. The molecule has 7 heteroatoms. The van der Waals surface area contributed by atoms with Gasteiger partial charge in [0, 0.05) is 13.6 Å². The molecule has 0 spiro atoms. The van der Waals surface area contributed by atoms with Crippen molar-refractivity contribution in [3.63, 3.8) is 0 Å². The molecule has 0 radical (unpaired) electrons. The zero-order valence-electron chi connectivity index (χ0n) is 12.7. The number of carbonyl (C=O) groups excluding carboxylic acids is 1. The van der Waals surface area contributed by atoms with E-state index >= 15 is 0 Å². The van der Waals surface area contributed by atoms with Gasteiger partial charge in [-0.25, -0.2) is 4.98 Å². The zero-order valence-corrected chi connectivity index (χ0v) is 13.5. The monoisotopic (exact) mass is 321 g/mol. The van der Waals surface area contributed by atoms with Gasteiger partial charge in [0.1, 0.15) is 11.3 Å². The number of rotatable bonds is 4. The lowest BCUT2D eigenvalue weighted by atomic mass is 10.2. The lowest BCUT2D eigenvalue weighted by molar-refractivity contribution is -0.132. The van der Waals surface area contributed by atoms with Crippen LogP contribution in [0.25, 0.3) is 10.2 Å². The van der Waals surface area contributed by atoms with Crippen molar-refractivity contribution in [2.45, 2.75) is 13.0 Å². The van der Waals surface area contributed by atoms with E-state index in [-0.39, 0.29) is 5.91 Å². The van der Waals surface area contributed by atoms with E-state index in [9.17, 15) is 4.79 Å². The number of benzene rings is 1. The molecular weight excluding hydrogens is 302 g/mol. The Hall–Kier alpha value is -1.86. The second-order valence-corrected chi connectivity index (χ2v) is 5.96. The Morgan fingerprint density at radius 2 is 2.45 bits per heavy atom. The highest BCUT2D eigenvalue weighted by atomic mass is 32.1. The third-order valence-electron chi connectivity index (χ3n) is 3.55. The summed E-state index contributed by atoms with van der Waals surface area (Å²) < 4.78 is 12.2. The Kier molecular flexibility index (Phi) is 4.44. The highest BCUT2D eigenvalue weighted by molar-refractivity contribution is 7.22. The van der Waals surface area contributed by atoms with E-state index in [1.165, 1.54) is 0 Å². The normalized spacial score (nSPS) is 18.5. The van der Waals surface area contributed by atoms with Crippen molar-refractivity contribution in [3.8, 4) is 5.75 Å². The number of morpholine rings is 1. The molecule has 1 atom stereocenters. The standard InChI is InChI=1S/C15H19N3O3S/c1-3-20-10-5-4-6-12-13(10)17-15(22-12)18-7-8-21-11(9-18)14(19)16-2/h4-6,11H,3,7-9H2,1-2H3,(H,16,19). The van der Waals surface area contributed by atoms with E-state index < -0.39 is 6.10 Å². The highest BCUT2D eigenvalue weighted by Gasteiger charge is 2.27. The van der Waals surface area contributed by atoms with Crippen molar-refractivity contribution in [3.05, 3.63) is 18.2 Å². The Morgan fingerprint density at radius 3 is 3.23 bits per heavy atom. The smallest absolute Gasteiger partial charge is 0.250 e. The largest absolute Gasteiger partial charge is 0.492 e. The molecular formula is C15H19N3O3S. The summed E-state index contributed by atoms with van der Waals surface area (Å²) in [5.41, 5.74) is 0.882. The zero-order chi connectivity index (χ0) is 15.5. The van der Waals surface area contributed by atoms with Crippen molar-refractivity contribution in [1.82, 2.24) is 10.3 Å².